The van der Waals surface area contributed by atoms with Crippen LogP contribution in [0.5, 0.6) is 0 Å². The van der Waals surface area contributed by atoms with Crippen LogP contribution >= 0.6 is 0 Å². The smallest absolute Gasteiger partial charge is 0.235 e. The first-order chi connectivity index (χ1) is 29.7. The standard InChI is InChI=1S/C56H34N4/c1-3-13-35(14-4-1)38-26-30-50-49(32-38)54(40-24-23-36-15-7-8-16-37(36)31-40)58-56(57-50)60-52-22-12-9-19-43(52)46-29-28-42-45(55(46)60)27-25-39-33-53-48(34-47(39)42)44-20-10-11-21-51(44)59(53)41-17-5-2-6-18-41/h1-34H. The molecule has 0 atom stereocenters. The molecule has 0 spiro atoms. The summed E-state index contributed by atoms with van der Waals surface area (Å²) in [4.78, 5) is 11.0. The summed E-state index contributed by atoms with van der Waals surface area (Å²) in [6.07, 6.45) is 0. The van der Waals surface area contributed by atoms with Crippen molar-refractivity contribution < 1.29 is 0 Å². The second kappa shape index (κ2) is 12.7. The average molecular weight is 763 g/mol. The van der Waals surface area contributed by atoms with Crippen molar-refractivity contribution in [3.05, 3.63) is 206 Å². The first kappa shape index (κ1) is 32.9. The maximum atomic E-state index is 5.58. The lowest BCUT2D eigenvalue weighted by molar-refractivity contribution is 1.02. The van der Waals surface area contributed by atoms with Gasteiger partial charge in [0.05, 0.1) is 33.3 Å². The van der Waals surface area contributed by atoms with Crippen LogP contribution in [-0.2, 0) is 0 Å². The van der Waals surface area contributed by atoms with Crippen molar-refractivity contribution in [2.75, 3.05) is 0 Å². The maximum absolute atomic E-state index is 5.58. The molecule has 0 aliphatic rings. The van der Waals surface area contributed by atoms with Crippen LogP contribution < -0.4 is 0 Å². The molecule has 0 amide bonds. The first-order valence-electron chi connectivity index (χ1n) is 20.5. The highest BCUT2D eigenvalue weighted by atomic mass is 15.2. The van der Waals surface area contributed by atoms with E-state index < -0.39 is 0 Å². The van der Waals surface area contributed by atoms with Crippen molar-refractivity contribution in [1.29, 1.82) is 0 Å². The Bertz CT molecular complexity index is 3880. The van der Waals surface area contributed by atoms with Gasteiger partial charge in [-0.3, -0.25) is 4.57 Å². The van der Waals surface area contributed by atoms with Crippen LogP contribution in [0.15, 0.2) is 206 Å². The summed E-state index contributed by atoms with van der Waals surface area (Å²) in [5.74, 6) is 0.651. The summed E-state index contributed by atoms with van der Waals surface area (Å²) in [6, 6.07) is 74.4. The molecular weight excluding hydrogens is 729 g/mol. The summed E-state index contributed by atoms with van der Waals surface area (Å²) >= 11 is 0. The lowest BCUT2D eigenvalue weighted by Gasteiger charge is -2.14. The van der Waals surface area contributed by atoms with Crippen LogP contribution in [0.2, 0.25) is 0 Å². The summed E-state index contributed by atoms with van der Waals surface area (Å²) in [5, 5.41) is 13.0. The summed E-state index contributed by atoms with van der Waals surface area (Å²) in [7, 11) is 0. The maximum Gasteiger partial charge on any atom is 0.235 e. The zero-order chi connectivity index (χ0) is 39.3. The van der Waals surface area contributed by atoms with E-state index in [1.54, 1.807) is 0 Å². The lowest BCUT2D eigenvalue weighted by atomic mass is 9.97. The molecule has 0 aliphatic carbocycles. The highest BCUT2D eigenvalue weighted by Crippen LogP contribution is 2.42. The molecule has 13 aromatic rings. The molecule has 0 saturated heterocycles. The predicted octanol–water partition coefficient (Wildman–Crippen LogP) is 14.6. The number of hydrogen-bond donors (Lipinski definition) is 0. The van der Waals surface area contributed by atoms with Gasteiger partial charge in [-0.05, 0) is 92.7 Å². The van der Waals surface area contributed by atoms with E-state index in [1.165, 1.54) is 59.5 Å². The highest BCUT2D eigenvalue weighted by molar-refractivity contribution is 6.25. The number of rotatable bonds is 4. The van der Waals surface area contributed by atoms with Crippen LogP contribution in [0, 0.1) is 0 Å². The topological polar surface area (TPSA) is 35.6 Å². The van der Waals surface area contributed by atoms with Crippen molar-refractivity contribution in [3.63, 3.8) is 0 Å². The zero-order valence-electron chi connectivity index (χ0n) is 32.4. The molecule has 3 aromatic heterocycles. The Hall–Kier alpha value is -8.08. The van der Waals surface area contributed by atoms with Gasteiger partial charge in [0.1, 0.15) is 0 Å². The SMILES string of the molecule is c1ccc(-c2ccc3nc(-n4c5ccccc5c5ccc6c7cc8c9ccccc9n(-c9ccccc9)c8cc7ccc6c54)nc(-c4ccc5ccccc5c4)c3c2)cc1. The van der Waals surface area contributed by atoms with Crippen LogP contribution in [0.1, 0.15) is 0 Å². The predicted molar refractivity (Wildman–Crippen MR) is 252 cm³/mol. The number of aromatic nitrogens is 4. The van der Waals surface area contributed by atoms with Gasteiger partial charge in [-0.25, -0.2) is 9.97 Å². The minimum Gasteiger partial charge on any atom is -0.309 e. The number of hydrogen-bond acceptors (Lipinski definition) is 2. The molecule has 0 unspecified atom stereocenters. The average Bonchev–Trinajstić information content (AvgIpc) is 3.83. The van der Waals surface area contributed by atoms with Gasteiger partial charge < -0.3 is 4.57 Å². The molecule has 4 nitrogen and oxygen atoms in total. The Balaban J connectivity index is 1.11. The Morgan fingerprint density at radius 2 is 0.933 bits per heavy atom. The quantitative estimate of drug-likeness (QED) is 0.167. The molecule has 60 heavy (non-hydrogen) atoms. The van der Waals surface area contributed by atoms with Gasteiger partial charge in [-0.15, -0.1) is 0 Å². The first-order valence-corrected chi connectivity index (χ1v) is 20.5. The van der Waals surface area contributed by atoms with E-state index in [0.29, 0.717) is 5.95 Å². The lowest BCUT2D eigenvalue weighted by Crippen LogP contribution is -2.04. The Morgan fingerprint density at radius 3 is 1.77 bits per heavy atom. The van der Waals surface area contributed by atoms with Gasteiger partial charge in [0.15, 0.2) is 0 Å². The van der Waals surface area contributed by atoms with Crippen LogP contribution in [0.4, 0.5) is 0 Å². The molecule has 3 heterocycles. The van der Waals surface area contributed by atoms with Gasteiger partial charge in [0.2, 0.25) is 5.95 Å². The Morgan fingerprint density at radius 1 is 0.300 bits per heavy atom. The van der Waals surface area contributed by atoms with E-state index in [4.69, 9.17) is 9.97 Å². The second-order valence-corrected chi connectivity index (χ2v) is 15.8. The van der Waals surface area contributed by atoms with Crippen LogP contribution in [-0.4, -0.2) is 19.1 Å². The molecule has 10 aromatic carbocycles. The van der Waals surface area contributed by atoms with Gasteiger partial charge in [-0.2, -0.15) is 0 Å². The van der Waals surface area contributed by atoms with Gasteiger partial charge in [-0.1, -0.05) is 152 Å². The number of benzene rings is 10. The minimum atomic E-state index is 0.651. The molecule has 0 fully saturated rings. The third-order valence-corrected chi connectivity index (χ3v) is 12.5. The Kier molecular flexibility index (Phi) is 6.98. The van der Waals surface area contributed by atoms with Crippen molar-refractivity contribution in [3.8, 4) is 34.0 Å². The van der Waals surface area contributed by atoms with Gasteiger partial charge in [0, 0.05) is 43.6 Å². The van der Waals surface area contributed by atoms with Crippen molar-refractivity contribution in [2.45, 2.75) is 0 Å². The third-order valence-electron chi connectivity index (χ3n) is 12.5. The van der Waals surface area contributed by atoms with Crippen LogP contribution in [0.25, 0.3) is 121 Å². The second-order valence-electron chi connectivity index (χ2n) is 15.8. The summed E-state index contributed by atoms with van der Waals surface area (Å²) in [6.45, 7) is 0. The molecular formula is C56H34N4. The molecule has 0 aliphatic heterocycles. The van der Waals surface area contributed by atoms with E-state index in [-0.39, 0.29) is 0 Å². The van der Waals surface area contributed by atoms with E-state index in [2.05, 4.69) is 215 Å². The zero-order valence-corrected chi connectivity index (χ0v) is 32.4. The molecule has 13 rings (SSSR count). The number of fused-ring (bicyclic) bond motifs is 12. The fourth-order valence-electron chi connectivity index (χ4n) is 9.71. The minimum absolute atomic E-state index is 0.651. The third kappa shape index (κ3) is 4.85. The van der Waals surface area contributed by atoms with E-state index in [0.717, 1.165) is 55.4 Å². The van der Waals surface area contributed by atoms with Gasteiger partial charge in [0.25, 0.3) is 0 Å². The van der Waals surface area contributed by atoms with E-state index in [9.17, 15) is 0 Å². The largest absolute Gasteiger partial charge is 0.309 e. The summed E-state index contributed by atoms with van der Waals surface area (Å²) in [5.41, 5.74) is 10.9. The Labute approximate surface area is 344 Å². The fraction of sp³-hybridized carbons (Fsp3) is 0. The summed E-state index contributed by atoms with van der Waals surface area (Å²) < 4.78 is 4.69. The molecule has 0 radical (unpaired) electrons. The van der Waals surface area contributed by atoms with Gasteiger partial charge >= 0.3 is 0 Å². The molecule has 278 valence electrons. The van der Waals surface area contributed by atoms with Crippen molar-refractivity contribution >= 4 is 86.8 Å². The number of nitrogens with zero attached hydrogens (tertiary/aromatic N) is 4. The van der Waals surface area contributed by atoms with E-state index in [1.807, 2.05) is 0 Å². The van der Waals surface area contributed by atoms with E-state index >= 15 is 0 Å². The highest BCUT2D eigenvalue weighted by Gasteiger charge is 2.21. The number of para-hydroxylation sites is 3. The molecule has 4 heteroatoms. The normalized spacial score (nSPS) is 12.0. The van der Waals surface area contributed by atoms with Crippen molar-refractivity contribution in [1.82, 2.24) is 19.1 Å². The monoisotopic (exact) mass is 762 g/mol. The fourth-order valence-corrected chi connectivity index (χ4v) is 9.71. The molecule has 0 saturated carbocycles. The molecule has 0 N–H and O–H groups in total. The molecule has 0 bridgehead atoms. The van der Waals surface area contributed by atoms with Crippen molar-refractivity contribution in [2.24, 2.45) is 0 Å². The van der Waals surface area contributed by atoms with Crippen LogP contribution in [0.3, 0.4) is 0 Å².